The van der Waals surface area contributed by atoms with Crippen molar-refractivity contribution < 1.29 is 24.4 Å². The van der Waals surface area contributed by atoms with Gasteiger partial charge in [0.1, 0.15) is 5.69 Å². The number of benzene rings is 3. The second kappa shape index (κ2) is 10.1. The Morgan fingerprint density at radius 2 is 1.20 bits per heavy atom. The summed E-state index contributed by atoms with van der Waals surface area (Å²) in [4.78, 5) is 22.2. The Hall–Kier alpha value is -3.13. The number of carboxylic acid groups (broad SMARTS) is 2. The van der Waals surface area contributed by atoms with Gasteiger partial charge in [-0.1, -0.05) is 18.2 Å². The Balaban J connectivity index is 0.000000269. The van der Waals surface area contributed by atoms with Crippen LogP contribution in [0.25, 0.3) is 0 Å². The molecule has 30 heavy (non-hydrogen) atoms. The largest absolute Gasteiger partial charge is 0.606 e. The van der Waals surface area contributed by atoms with Crippen molar-refractivity contribution in [2.24, 2.45) is 0 Å². The number of hydrogen-bond donors (Lipinski definition) is 1. The molecule has 1 atom stereocenters. The summed E-state index contributed by atoms with van der Waals surface area (Å²) in [5.74, 6) is -2.35. The van der Waals surface area contributed by atoms with Crippen molar-refractivity contribution >= 4 is 28.8 Å². The zero-order valence-electron chi connectivity index (χ0n) is 16.9. The van der Waals surface area contributed by atoms with Crippen LogP contribution >= 0.6 is 0 Å². The van der Waals surface area contributed by atoms with Crippen LogP contribution in [0.4, 0.5) is 5.69 Å². The fraction of sp³-hybridized carbons (Fsp3) is 0.130. The first-order valence-electron chi connectivity index (χ1n) is 9.03. The van der Waals surface area contributed by atoms with E-state index in [1.807, 2.05) is 6.07 Å². The minimum Gasteiger partial charge on any atom is -0.606 e. The summed E-state index contributed by atoms with van der Waals surface area (Å²) in [6, 6.07) is 21.6. The van der Waals surface area contributed by atoms with Gasteiger partial charge in [-0.05, 0) is 66.2 Å². The average Bonchev–Trinajstić information content (AvgIpc) is 2.74. The minimum atomic E-state index is -1.50. The van der Waals surface area contributed by atoms with Gasteiger partial charge in [0.15, 0.2) is 9.79 Å². The number of aromatic carboxylic acids is 2. The Bertz CT molecular complexity index is 923. The zero-order valence-corrected chi connectivity index (χ0v) is 17.8. The first kappa shape index (κ1) is 23.2. The maximum Gasteiger partial charge on any atom is 0.335 e. The van der Waals surface area contributed by atoms with Gasteiger partial charge in [0.05, 0.1) is 32.7 Å². The van der Waals surface area contributed by atoms with Crippen molar-refractivity contribution in [1.82, 2.24) is 4.48 Å². The molecule has 0 aliphatic carbocycles. The molecule has 0 radical (unpaired) electrons. The van der Waals surface area contributed by atoms with Crippen LogP contribution in [0, 0.1) is 0 Å². The smallest absolute Gasteiger partial charge is 0.335 e. The Labute approximate surface area is 178 Å². The predicted molar refractivity (Wildman–Crippen MR) is 115 cm³/mol. The topological polar surface area (TPSA) is 100 Å². The van der Waals surface area contributed by atoms with Crippen LogP contribution in [0.5, 0.6) is 0 Å². The fourth-order valence-electron chi connectivity index (χ4n) is 2.45. The molecule has 0 heterocycles. The molecule has 0 bridgehead atoms. The summed E-state index contributed by atoms with van der Waals surface area (Å²) < 4.78 is 13.1. The second-order valence-corrected chi connectivity index (χ2v) is 8.74. The van der Waals surface area contributed by atoms with E-state index in [0.29, 0.717) is 9.79 Å². The summed E-state index contributed by atoms with van der Waals surface area (Å²) in [6.45, 7) is 0. The summed E-state index contributed by atoms with van der Waals surface area (Å²) in [5, 5.41) is 19.4. The second-order valence-electron chi connectivity index (χ2n) is 7.26. The van der Waals surface area contributed by atoms with E-state index in [4.69, 9.17) is 5.11 Å². The van der Waals surface area contributed by atoms with Crippen LogP contribution in [0.1, 0.15) is 20.7 Å². The molecule has 0 saturated carbocycles. The lowest BCUT2D eigenvalue weighted by atomic mass is 10.2. The van der Waals surface area contributed by atoms with Crippen LogP contribution in [0.3, 0.4) is 0 Å². The van der Waals surface area contributed by atoms with Gasteiger partial charge >= 0.3 is 5.97 Å². The lowest BCUT2D eigenvalue weighted by molar-refractivity contribution is -0.255. The van der Waals surface area contributed by atoms with Gasteiger partial charge in [0.2, 0.25) is 0 Å². The maximum absolute atomic E-state index is 12.2. The molecule has 0 spiro atoms. The molecule has 3 aromatic carbocycles. The lowest BCUT2D eigenvalue weighted by Gasteiger charge is -2.22. The third-order valence-electron chi connectivity index (χ3n) is 4.15. The summed E-state index contributed by atoms with van der Waals surface area (Å²) in [7, 11) is 6.49. The zero-order chi connectivity index (χ0) is 22.3. The minimum absolute atomic E-state index is 0.00646. The molecule has 3 aromatic rings. The molecule has 0 amide bonds. The van der Waals surface area contributed by atoms with Gasteiger partial charge in [-0.25, -0.2) is 4.79 Å². The molecule has 1 unspecified atom stereocenters. The number of carbonyl (C=O) groups is 2. The number of para-hydroxylation sites is 1. The SMILES string of the molecule is C[N+](C)(C)c1ccccc1.O=C([O-])c1ccc([S+]([O-])c2ccc(C(=O)O)cc2)cc1. The van der Waals surface area contributed by atoms with Gasteiger partial charge in [0, 0.05) is 11.2 Å². The molecule has 0 fully saturated rings. The number of nitrogens with zero attached hydrogens (tertiary/aromatic N) is 1. The first-order chi connectivity index (χ1) is 14.1. The van der Waals surface area contributed by atoms with Gasteiger partial charge < -0.3 is 19.6 Å². The highest BCUT2D eigenvalue weighted by Crippen LogP contribution is 2.21. The highest BCUT2D eigenvalue weighted by Gasteiger charge is 2.15. The Morgan fingerprint density at radius 1 is 0.767 bits per heavy atom. The summed E-state index contributed by atoms with van der Waals surface area (Å²) >= 11 is -1.50. The third kappa shape index (κ3) is 6.45. The quantitative estimate of drug-likeness (QED) is 0.500. The van der Waals surface area contributed by atoms with E-state index in [-0.39, 0.29) is 11.1 Å². The molecule has 7 heteroatoms. The highest BCUT2D eigenvalue weighted by atomic mass is 32.2. The van der Waals surface area contributed by atoms with Crippen LogP contribution in [0.2, 0.25) is 0 Å². The van der Waals surface area contributed by atoms with Crippen LogP contribution < -0.4 is 9.59 Å². The molecular formula is C23H23NO5S. The number of hydrogen-bond acceptors (Lipinski definition) is 4. The standard InChI is InChI=1S/C14H10O5S.C9H14N/c15-13(16)9-1-5-11(6-2-9)20(19)12-7-3-10(4-8-12)14(17)18;1-10(2,3)9-7-5-4-6-8-9/h1-8H,(H,15,16)(H,17,18);4-8H,1-3H3/q;+1/p-1. The highest BCUT2D eigenvalue weighted by molar-refractivity contribution is 7.91. The normalized spacial score (nSPS) is 11.7. The Morgan fingerprint density at radius 3 is 1.53 bits per heavy atom. The summed E-state index contributed by atoms with van der Waals surface area (Å²) in [6.07, 6.45) is 0. The number of carboxylic acids is 2. The van der Waals surface area contributed by atoms with Crippen molar-refractivity contribution in [3.8, 4) is 0 Å². The number of carbonyl (C=O) groups excluding carboxylic acids is 1. The Kier molecular flexibility index (Phi) is 7.77. The molecule has 1 N–H and O–H groups in total. The molecule has 0 aliphatic heterocycles. The van der Waals surface area contributed by atoms with Crippen LogP contribution in [-0.2, 0) is 11.2 Å². The molecule has 156 valence electrons. The predicted octanol–water partition coefficient (Wildman–Crippen LogP) is 2.80. The van der Waals surface area contributed by atoms with E-state index >= 15 is 0 Å². The monoisotopic (exact) mass is 425 g/mol. The molecule has 0 aliphatic rings. The van der Waals surface area contributed by atoms with Gasteiger partial charge in [-0.15, -0.1) is 0 Å². The van der Waals surface area contributed by atoms with E-state index in [9.17, 15) is 19.2 Å². The van der Waals surface area contributed by atoms with E-state index in [2.05, 4.69) is 45.4 Å². The van der Waals surface area contributed by atoms with E-state index in [1.54, 1.807) is 0 Å². The van der Waals surface area contributed by atoms with Gasteiger partial charge in [-0.3, -0.25) is 4.48 Å². The molecule has 0 saturated heterocycles. The van der Waals surface area contributed by atoms with E-state index in [0.717, 1.165) is 4.48 Å². The third-order valence-corrected chi connectivity index (χ3v) is 5.55. The summed E-state index contributed by atoms with van der Waals surface area (Å²) in [5.41, 5.74) is 1.45. The maximum atomic E-state index is 12.2. The average molecular weight is 426 g/mol. The first-order valence-corrected chi connectivity index (χ1v) is 10.2. The van der Waals surface area contributed by atoms with Gasteiger partial charge in [0.25, 0.3) is 0 Å². The molecule has 6 nitrogen and oxygen atoms in total. The van der Waals surface area contributed by atoms with E-state index < -0.39 is 23.1 Å². The van der Waals surface area contributed by atoms with Crippen molar-refractivity contribution in [3.05, 3.63) is 90.0 Å². The van der Waals surface area contributed by atoms with E-state index in [1.165, 1.54) is 54.2 Å². The number of quaternary nitrogens is 1. The van der Waals surface area contributed by atoms with Gasteiger partial charge in [-0.2, -0.15) is 0 Å². The van der Waals surface area contributed by atoms with Crippen molar-refractivity contribution in [3.63, 3.8) is 0 Å². The number of rotatable bonds is 5. The molecule has 3 rings (SSSR count). The van der Waals surface area contributed by atoms with Crippen LogP contribution in [-0.4, -0.2) is 42.7 Å². The van der Waals surface area contributed by atoms with Crippen molar-refractivity contribution in [2.75, 3.05) is 21.1 Å². The van der Waals surface area contributed by atoms with Crippen molar-refractivity contribution in [1.29, 1.82) is 0 Å². The fourth-order valence-corrected chi connectivity index (χ4v) is 3.49. The molecule has 0 aromatic heterocycles. The molecular weight excluding hydrogens is 402 g/mol. The van der Waals surface area contributed by atoms with Crippen LogP contribution in [0.15, 0.2) is 88.7 Å². The lowest BCUT2D eigenvalue weighted by Crippen LogP contribution is -2.34. The van der Waals surface area contributed by atoms with Crippen molar-refractivity contribution in [2.45, 2.75) is 9.79 Å².